The van der Waals surface area contributed by atoms with Crippen LogP contribution in [0.25, 0.3) is 0 Å². The second kappa shape index (κ2) is 7.02. The third kappa shape index (κ3) is 4.71. The van der Waals surface area contributed by atoms with Crippen molar-refractivity contribution in [1.82, 2.24) is 5.32 Å². The first kappa shape index (κ1) is 15.2. The summed E-state index contributed by atoms with van der Waals surface area (Å²) in [6, 6.07) is 14.3. The smallest absolute Gasteiger partial charge is 0.220 e. The van der Waals surface area contributed by atoms with Crippen LogP contribution in [-0.2, 0) is 11.2 Å². The summed E-state index contributed by atoms with van der Waals surface area (Å²) in [6.45, 7) is 3.94. The van der Waals surface area contributed by atoms with Gasteiger partial charge >= 0.3 is 0 Å². The second-order valence-electron chi connectivity index (χ2n) is 5.33. The molecule has 0 aliphatic heterocycles. The largest absolute Gasteiger partial charge is 0.350 e. The van der Waals surface area contributed by atoms with Gasteiger partial charge in [0, 0.05) is 6.42 Å². The summed E-state index contributed by atoms with van der Waals surface area (Å²) in [4.78, 5) is 12.0. The highest BCUT2D eigenvalue weighted by molar-refractivity contribution is 5.76. The first-order valence-corrected chi connectivity index (χ1v) is 7.15. The number of nitrogens with one attached hydrogen (secondary N) is 1. The molecular formula is C18H20FNO. The molecular weight excluding hydrogens is 265 g/mol. The highest BCUT2D eigenvalue weighted by Crippen LogP contribution is 2.13. The lowest BCUT2D eigenvalue weighted by Crippen LogP contribution is -2.26. The minimum atomic E-state index is -0.267. The number of benzene rings is 2. The molecule has 0 heterocycles. The van der Waals surface area contributed by atoms with Crippen molar-refractivity contribution >= 4 is 5.91 Å². The maximum atomic E-state index is 12.9. The van der Waals surface area contributed by atoms with Crippen LogP contribution in [0.3, 0.4) is 0 Å². The molecule has 3 heteroatoms. The van der Waals surface area contributed by atoms with Crippen molar-refractivity contribution < 1.29 is 9.18 Å². The molecule has 2 rings (SSSR count). The van der Waals surface area contributed by atoms with Crippen molar-refractivity contribution in [2.24, 2.45) is 0 Å². The number of halogens is 1. The summed E-state index contributed by atoms with van der Waals surface area (Å²) in [5.74, 6) is -0.259. The standard InChI is InChI=1S/C18H20FNO/c1-13-4-3-5-15(12-13)6-11-18(21)20-14(2)16-7-9-17(19)10-8-16/h3-5,7-10,12,14H,6,11H2,1-2H3,(H,20,21). The van der Waals surface area contributed by atoms with Crippen LogP contribution >= 0.6 is 0 Å². The van der Waals surface area contributed by atoms with Crippen molar-refractivity contribution in [3.63, 3.8) is 0 Å². The highest BCUT2D eigenvalue weighted by atomic mass is 19.1. The van der Waals surface area contributed by atoms with Gasteiger partial charge in [-0.15, -0.1) is 0 Å². The average Bonchev–Trinajstić information content (AvgIpc) is 2.46. The van der Waals surface area contributed by atoms with Gasteiger partial charge in [-0.25, -0.2) is 4.39 Å². The number of aryl methyl sites for hydroxylation is 2. The molecule has 2 aromatic carbocycles. The van der Waals surface area contributed by atoms with Crippen LogP contribution in [0.15, 0.2) is 48.5 Å². The Labute approximate surface area is 125 Å². The first-order chi connectivity index (χ1) is 10.0. The molecule has 0 bridgehead atoms. The molecule has 0 fully saturated rings. The minimum Gasteiger partial charge on any atom is -0.350 e. The van der Waals surface area contributed by atoms with Gasteiger partial charge in [-0.3, -0.25) is 4.79 Å². The summed E-state index contributed by atoms with van der Waals surface area (Å²) in [6.07, 6.45) is 1.18. The molecule has 21 heavy (non-hydrogen) atoms. The van der Waals surface area contributed by atoms with Crippen molar-refractivity contribution in [2.75, 3.05) is 0 Å². The Morgan fingerprint density at radius 2 is 1.90 bits per heavy atom. The van der Waals surface area contributed by atoms with Crippen LogP contribution in [0.2, 0.25) is 0 Å². The van der Waals surface area contributed by atoms with E-state index in [1.165, 1.54) is 23.3 Å². The zero-order chi connectivity index (χ0) is 15.2. The van der Waals surface area contributed by atoms with Gasteiger partial charge in [-0.1, -0.05) is 42.0 Å². The predicted molar refractivity (Wildman–Crippen MR) is 82.5 cm³/mol. The van der Waals surface area contributed by atoms with E-state index in [1.807, 2.05) is 32.0 Å². The van der Waals surface area contributed by atoms with Gasteiger partial charge in [0.25, 0.3) is 0 Å². The number of carbonyl (C=O) groups is 1. The van der Waals surface area contributed by atoms with E-state index in [2.05, 4.69) is 11.4 Å². The minimum absolute atomic E-state index is 0.00771. The Morgan fingerprint density at radius 3 is 2.57 bits per heavy atom. The maximum Gasteiger partial charge on any atom is 0.220 e. The number of hydrogen-bond donors (Lipinski definition) is 1. The fourth-order valence-corrected chi connectivity index (χ4v) is 2.27. The first-order valence-electron chi connectivity index (χ1n) is 7.15. The molecule has 1 unspecified atom stereocenters. The third-order valence-electron chi connectivity index (χ3n) is 3.47. The molecule has 1 N–H and O–H groups in total. The van der Waals surface area contributed by atoms with Crippen LogP contribution in [0, 0.1) is 12.7 Å². The van der Waals surface area contributed by atoms with Gasteiger partial charge in [0.2, 0.25) is 5.91 Å². The van der Waals surface area contributed by atoms with Crippen LogP contribution in [0.4, 0.5) is 4.39 Å². The van der Waals surface area contributed by atoms with Gasteiger partial charge in [-0.05, 0) is 43.5 Å². The van der Waals surface area contributed by atoms with E-state index >= 15 is 0 Å². The molecule has 0 aliphatic rings. The van der Waals surface area contributed by atoms with Crippen LogP contribution in [0.5, 0.6) is 0 Å². The van der Waals surface area contributed by atoms with E-state index in [1.54, 1.807) is 12.1 Å². The second-order valence-corrected chi connectivity index (χ2v) is 5.33. The molecule has 0 aliphatic carbocycles. The van der Waals surface area contributed by atoms with Crippen molar-refractivity contribution in [2.45, 2.75) is 32.7 Å². The van der Waals surface area contributed by atoms with Gasteiger partial charge in [-0.2, -0.15) is 0 Å². The molecule has 2 aromatic rings. The molecule has 1 atom stereocenters. The Morgan fingerprint density at radius 1 is 1.19 bits per heavy atom. The lowest BCUT2D eigenvalue weighted by molar-refractivity contribution is -0.121. The number of rotatable bonds is 5. The van der Waals surface area contributed by atoms with Crippen molar-refractivity contribution in [1.29, 1.82) is 0 Å². The lowest BCUT2D eigenvalue weighted by Gasteiger charge is -2.14. The summed E-state index contributed by atoms with van der Waals surface area (Å²) >= 11 is 0. The monoisotopic (exact) mass is 285 g/mol. The van der Waals surface area contributed by atoms with Gasteiger partial charge in [0.1, 0.15) is 5.82 Å². The van der Waals surface area contributed by atoms with Crippen LogP contribution in [-0.4, -0.2) is 5.91 Å². The van der Waals surface area contributed by atoms with E-state index in [9.17, 15) is 9.18 Å². The van der Waals surface area contributed by atoms with E-state index in [0.29, 0.717) is 6.42 Å². The van der Waals surface area contributed by atoms with Gasteiger partial charge < -0.3 is 5.32 Å². The average molecular weight is 285 g/mol. The topological polar surface area (TPSA) is 29.1 Å². The van der Waals surface area contributed by atoms with E-state index < -0.39 is 0 Å². The van der Waals surface area contributed by atoms with Gasteiger partial charge in [0.05, 0.1) is 6.04 Å². The Balaban J connectivity index is 1.85. The van der Waals surface area contributed by atoms with Crippen LogP contribution in [0.1, 0.15) is 36.1 Å². The van der Waals surface area contributed by atoms with E-state index in [-0.39, 0.29) is 17.8 Å². The molecule has 0 saturated heterocycles. The SMILES string of the molecule is Cc1cccc(CCC(=O)NC(C)c2ccc(F)cc2)c1. The van der Waals surface area contributed by atoms with E-state index in [4.69, 9.17) is 0 Å². The summed E-state index contributed by atoms with van der Waals surface area (Å²) in [7, 11) is 0. The Hall–Kier alpha value is -2.16. The molecule has 0 spiro atoms. The Kier molecular flexibility index (Phi) is 5.09. The predicted octanol–water partition coefficient (Wildman–Crippen LogP) is 3.94. The fourth-order valence-electron chi connectivity index (χ4n) is 2.27. The highest BCUT2D eigenvalue weighted by Gasteiger charge is 2.09. The van der Waals surface area contributed by atoms with Crippen LogP contribution < -0.4 is 5.32 Å². The summed E-state index contributed by atoms with van der Waals surface area (Å²) in [5.41, 5.74) is 3.27. The van der Waals surface area contributed by atoms with Crippen molar-refractivity contribution in [3.8, 4) is 0 Å². The zero-order valence-electron chi connectivity index (χ0n) is 12.4. The number of carbonyl (C=O) groups excluding carboxylic acids is 1. The van der Waals surface area contributed by atoms with E-state index in [0.717, 1.165) is 12.0 Å². The lowest BCUT2D eigenvalue weighted by atomic mass is 10.1. The van der Waals surface area contributed by atoms with Gasteiger partial charge in [0.15, 0.2) is 0 Å². The Bertz CT molecular complexity index is 607. The fraction of sp³-hybridized carbons (Fsp3) is 0.278. The molecule has 0 aromatic heterocycles. The third-order valence-corrected chi connectivity index (χ3v) is 3.47. The maximum absolute atomic E-state index is 12.9. The molecule has 0 saturated carbocycles. The molecule has 2 nitrogen and oxygen atoms in total. The molecule has 0 radical (unpaired) electrons. The zero-order valence-corrected chi connectivity index (χ0v) is 12.4. The quantitative estimate of drug-likeness (QED) is 0.885. The van der Waals surface area contributed by atoms with Crippen molar-refractivity contribution in [3.05, 3.63) is 71.0 Å². The summed E-state index contributed by atoms with van der Waals surface area (Å²) in [5, 5.41) is 2.94. The summed E-state index contributed by atoms with van der Waals surface area (Å²) < 4.78 is 12.9. The number of hydrogen-bond acceptors (Lipinski definition) is 1. The molecule has 1 amide bonds. The molecule has 110 valence electrons. The number of amides is 1. The normalized spacial score (nSPS) is 12.0.